The van der Waals surface area contributed by atoms with Crippen molar-refractivity contribution in [2.24, 2.45) is 0 Å². The van der Waals surface area contributed by atoms with Crippen molar-refractivity contribution in [3.63, 3.8) is 0 Å². The number of thiol groups is 1. The molecular weight excluding hydrogens is 216 g/mol. The van der Waals surface area contributed by atoms with E-state index in [2.05, 4.69) is 57.1 Å². The van der Waals surface area contributed by atoms with E-state index in [4.69, 9.17) is 5.10 Å². The molecule has 0 saturated heterocycles. The highest BCUT2D eigenvalue weighted by atomic mass is 32.1. The van der Waals surface area contributed by atoms with Crippen molar-refractivity contribution in [1.29, 1.82) is 0 Å². The van der Waals surface area contributed by atoms with E-state index in [-0.39, 0.29) is 0 Å². The first-order valence-electron chi connectivity index (χ1n) is 5.72. The third-order valence-electron chi connectivity index (χ3n) is 2.76. The summed E-state index contributed by atoms with van der Waals surface area (Å²) in [5.41, 5.74) is 2.36. The Morgan fingerprint density at radius 2 is 1.88 bits per heavy atom. The Bertz CT molecular complexity index is 512. The van der Waals surface area contributed by atoms with Gasteiger partial charge in [0.1, 0.15) is 0 Å². The van der Waals surface area contributed by atoms with Gasteiger partial charge in [-0.3, -0.25) is 4.68 Å². The lowest BCUT2D eigenvalue weighted by Crippen LogP contribution is -2.03. The maximum atomic E-state index is 4.71. The zero-order valence-corrected chi connectivity index (χ0v) is 11.1. The molecule has 0 atom stereocenters. The minimum Gasteiger partial charge on any atom is -0.262 e. The van der Waals surface area contributed by atoms with Gasteiger partial charge in [0.05, 0.1) is 11.2 Å². The molecular formula is C13H18N2S. The van der Waals surface area contributed by atoms with Gasteiger partial charge in [-0.15, -0.1) is 12.6 Å². The minimum absolute atomic E-state index is 0.380. The molecule has 0 aliphatic carbocycles. The Hall–Kier alpha value is -0.960. The highest BCUT2D eigenvalue weighted by Gasteiger charge is 2.14. The second kappa shape index (κ2) is 4.13. The molecule has 1 aromatic carbocycles. The van der Waals surface area contributed by atoms with Crippen LogP contribution in [0.4, 0.5) is 0 Å². The average Bonchev–Trinajstić information content (AvgIpc) is 2.56. The fourth-order valence-corrected chi connectivity index (χ4v) is 2.17. The SMILES string of the molecule is CC(C)c1nn(C(C)C)c2cc(S)ccc12. The Kier molecular flexibility index (Phi) is 2.98. The quantitative estimate of drug-likeness (QED) is 0.777. The average molecular weight is 234 g/mol. The van der Waals surface area contributed by atoms with Crippen LogP contribution in [0, 0.1) is 0 Å². The number of hydrogen-bond donors (Lipinski definition) is 1. The Labute approximate surface area is 102 Å². The molecule has 0 fully saturated rings. The van der Waals surface area contributed by atoms with Crippen LogP contribution in [-0.4, -0.2) is 9.78 Å². The molecule has 0 amide bonds. The molecule has 0 N–H and O–H groups in total. The summed E-state index contributed by atoms with van der Waals surface area (Å²) in [5.74, 6) is 0.452. The van der Waals surface area contributed by atoms with Crippen molar-refractivity contribution in [2.75, 3.05) is 0 Å². The van der Waals surface area contributed by atoms with Crippen molar-refractivity contribution < 1.29 is 0 Å². The van der Waals surface area contributed by atoms with E-state index in [1.807, 2.05) is 6.07 Å². The molecule has 1 heterocycles. The van der Waals surface area contributed by atoms with Crippen molar-refractivity contribution in [3.05, 3.63) is 23.9 Å². The summed E-state index contributed by atoms with van der Waals surface area (Å²) >= 11 is 4.40. The van der Waals surface area contributed by atoms with E-state index in [1.54, 1.807) is 0 Å². The molecule has 0 aliphatic rings. The normalized spacial score (nSPS) is 11.9. The van der Waals surface area contributed by atoms with Gasteiger partial charge < -0.3 is 0 Å². The molecule has 16 heavy (non-hydrogen) atoms. The number of rotatable bonds is 2. The first-order chi connectivity index (χ1) is 7.50. The van der Waals surface area contributed by atoms with Crippen LogP contribution in [0.2, 0.25) is 0 Å². The second-order valence-electron chi connectivity index (χ2n) is 4.78. The van der Waals surface area contributed by atoms with Gasteiger partial charge in [0.15, 0.2) is 0 Å². The topological polar surface area (TPSA) is 17.8 Å². The molecule has 0 bridgehead atoms. The molecule has 2 nitrogen and oxygen atoms in total. The zero-order valence-electron chi connectivity index (χ0n) is 10.2. The van der Waals surface area contributed by atoms with Gasteiger partial charge in [-0.2, -0.15) is 5.10 Å². The first-order valence-corrected chi connectivity index (χ1v) is 6.16. The standard InChI is InChI=1S/C13H18N2S/c1-8(2)13-11-6-5-10(16)7-12(11)15(14-13)9(3)4/h5-9,16H,1-4H3. The number of fused-ring (bicyclic) bond motifs is 1. The Balaban J connectivity index is 2.76. The molecule has 0 aliphatic heterocycles. The van der Waals surface area contributed by atoms with E-state index >= 15 is 0 Å². The lowest BCUT2D eigenvalue weighted by Gasteiger charge is -2.06. The summed E-state index contributed by atoms with van der Waals surface area (Å²) in [7, 11) is 0. The third kappa shape index (κ3) is 1.84. The van der Waals surface area contributed by atoms with E-state index in [1.165, 1.54) is 16.6 Å². The zero-order chi connectivity index (χ0) is 11.9. The molecule has 0 radical (unpaired) electrons. The minimum atomic E-state index is 0.380. The molecule has 2 aromatic rings. The van der Waals surface area contributed by atoms with Crippen LogP contribution >= 0.6 is 12.6 Å². The van der Waals surface area contributed by atoms with Crippen LogP contribution in [0.25, 0.3) is 10.9 Å². The van der Waals surface area contributed by atoms with Gasteiger partial charge in [-0.1, -0.05) is 13.8 Å². The summed E-state index contributed by atoms with van der Waals surface area (Å²) in [6.45, 7) is 8.67. The van der Waals surface area contributed by atoms with Gasteiger partial charge in [-0.05, 0) is 38.0 Å². The second-order valence-corrected chi connectivity index (χ2v) is 5.30. The van der Waals surface area contributed by atoms with Crippen LogP contribution in [-0.2, 0) is 0 Å². The Morgan fingerprint density at radius 1 is 1.19 bits per heavy atom. The van der Waals surface area contributed by atoms with Crippen molar-refractivity contribution in [1.82, 2.24) is 9.78 Å². The van der Waals surface area contributed by atoms with E-state index in [0.717, 1.165) is 4.90 Å². The lowest BCUT2D eigenvalue weighted by atomic mass is 10.1. The third-order valence-corrected chi connectivity index (χ3v) is 3.03. The van der Waals surface area contributed by atoms with Gasteiger partial charge in [0.25, 0.3) is 0 Å². The smallest absolute Gasteiger partial charge is 0.0728 e. The summed E-state index contributed by atoms with van der Waals surface area (Å²) in [5, 5.41) is 5.96. The van der Waals surface area contributed by atoms with Crippen molar-refractivity contribution >= 4 is 23.5 Å². The fourth-order valence-electron chi connectivity index (χ4n) is 1.97. The van der Waals surface area contributed by atoms with Gasteiger partial charge >= 0.3 is 0 Å². The maximum Gasteiger partial charge on any atom is 0.0728 e. The molecule has 0 unspecified atom stereocenters. The molecule has 0 saturated carbocycles. The fraction of sp³-hybridized carbons (Fsp3) is 0.462. The highest BCUT2D eigenvalue weighted by Crippen LogP contribution is 2.28. The number of hydrogen-bond acceptors (Lipinski definition) is 2. The van der Waals surface area contributed by atoms with E-state index in [0.29, 0.717) is 12.0 Å². The predicted octanol–water partition coefficient (Wildman–Crippen LogP) is 4.03. The molecule has 0 spiro atoms. The molecule has 86 valence electrons. The summed E-state index contributed by atoms with van der Waals surface area (Å²) in [6, 6.07) is 6.63. The number of aromatic nitrogens is 2. The highest BCUT2D eigenvalue weighted by molar-refractivity contribution is 7.80. The van der Waals surface area contributed by atoms with Gasteiger partial charge in [-0.25, -0.2) is 0 Å². The van der Waals surface area contributed by atoms with Gasteiger partial charge in [0, 0.05) is 16.3 Å². The largest absolute Gasteiger partial charge is 0.262 e. The predicted molar refractivity (Wildman–Crippen MR) is 71.5 cm³/mol. The summed E-state index contributed by atoms with van der Waals surface area (Å²) in [6.07, 6.45) is 0. The van der Waals surface area contributed by atoms with Crippen molar-refractivity contribution in [2.45, 2.75) is 44.6 Å². The van der Waals surface area contributed by atoms with Crippen molar-refractivity contribution in [3.8, 4) is 0 Å². The van der Waals surface area contributed by atoms with Crippen LogP contribution in [0.1, 0.15) is 45.3 Å². The van der Waals surface area contributed by atoms with Crippen LogP contribution < -0.4 is 0 Å². The Morgan fingerprint density at radius 3 is 2.44 bits per heavy atom. The maximum absolute atomic E-state index is 4.71. The van der Waals surface area contributed by atoms with Crippen LogP contribution in [0.15, 0.2) is 23.1 Å². The summed E-state index contributed by atoms with van der Waals surface area (Å²) < 4.78 is 2.09. The molecule has 3 heteroatoms. The number of benzene rings is 1. The monoisotopic (exact) mass is 234 g/mol. The van der Waals surface area contributed by atoms with Crippen LogP contribution in [0.3, 0.4) is 0 Å². The lowest BCUT2D eigenvalue weighted by molar-refractivity contribution is 0.539. The van der Waals surface area contributed by atoms with E-state index in [9.17, 15) is 0 Å². The molecule has 2 rings (SSSR count). The van der Waals surface area contributed by atoms with E-state index < -0.39 is 0 Å². The first kappa shape index (κ1) is 11.5. The summed E-state index contributed by atoms with van der Waals surface area (Å²) in [4.78, 5) is 0.990. The van der Waals surface area contributed by atoms with Gasteiger partial charge in [0.2, 0.25) is 0 Å². The molecule has 1 aromatic heterocycles. The number of nitrogens with zero attached hydrogens (tertiary/aromatic N) is 2. The van der Waals surface area contributed by atoms with Crippen LogP contribution in [0.5, 0.6) is 0 Å².